The highest BCUT2D eigenvalue weighted by atomic mass is 79.9. The zero-order valence-electron chi connectivity index (χ0n) is 10.2. The van der Waals surface area contributed by atoms with Gasteiger partial charge in [-0.25, -0.2) is 0 Å². The number of nitrogens with zero attached hydrogens (tertiary/aromatic N) is 1. The quantitative estimate of drug-likeness (QED) is 0.768. The van der Waals surface area contributed by atoms with Gasteiger partial charge in [-0.15, -0.1) is 0 Å². The fourth-order valence-electron chi connectivity index (χ4n) is 1.65. The second-order valence-corrected chi connectivity index (χ2v) is 5.20. The van der Waals surface area contributed by atoms with Crippen molar-refractivity contribution < 1.29 is 0 Å². The van der Waals surface area contributed by atoms with Gasteiger partial charge in [-0.2, -0.15) is 0 Å². The molecular formula is C13H21BrN2. The Morgan fingerprint density at radius 3 is 2.88 bits per heavy atom. The summed E-state index contributed by atoms with van der Waals surface area (Å²) in [4.78, 5) is 4.15. The third-order valence-electron chi connectivity index (χ3n) is 2.66. The van der Waals surface area contributed by atoms with Crippen molar-refractivity contribution in [1.82, 2.24) is 10.3 Å². The lowest BCUT2D eigenvalue weighted by Gasteiger charge is -2.13. The molecule has 1 unspecified atom stereocenters. The molecule has 0 amide bonds. The monoisotopic (exact) mass is 284 g/mol. The van der Waals surface area contributed by atoms with Gasteiger partial charge in [-0.1, -0.05) is 26.2 Å². The Hall–Kier alpha value is -0.410. The first kappa shape index (κ1) is 13.7. The minimum absolute atomic E-state index is 0.588. The number of aromatic nitrogens is 1. The van der Waals surface area contributed by atoms with Crippen LogP contribution in [0.15, 0.2) is 22.9 Å². The van der Waals surface area contributed by atoms with Crippen LogP contribution in [0.3, 0.4) is 0 Å². The van der Waals surface area contributed by atoms with Gasteiger partial charge in [0.1, 0.15) is 0 Å². The van der Waals surface area contributed by atoms with Crippen molar-refractivity contribution in [2.24, 2.45) is 0 Å². The molecule has 0 aliphatic heterocycles. The van der Waals surface area contributed by atoms with Crippen LogP contribution in [0.1, 0.15) is 45.1 Å². The topological polar surface area (TPSA) is 24.9 Å². The number of unbranched alkanes of at least 4 members (excludes halogenated alkanes) is 2. The van der Waals surface area contributed by atoms with Crippen molar-refractivity contribution in [3.63, 3.8) is 0 Å². The molecule has 0 aliphatic carbocycles. The van der Waals surface area contributed by atoms with Crippen molar-refractivity contribution in [2.45, 2.75) is 52.1 Å². The maximum Gasteiger partial charge on any atom is 0.0410 e. The van der Waals surface area contributed by atoms with Crippen molar-refractivity contribution in [3.05, 3.63) is 28.5 Å². The largest absolute Gasteiger partial charge is 0.310 e. The summed E-state index contributed by atoms with van der Waals surface area (Å²) < 4.78 is 1.05. The van der Waals surface area contributed by atoms with Crippen LogP contribution in [0, 0.1) is 0 Å². The fraction of sp³-hybridized carbons (Fsp3) is 0.615. The van der Waals surface area contributed by atoms with Crippen LogP contribution in [0.2, 0.25) is 0 Å². The zero-order chi connectivity index (χ0) is 11.8. The third kappa shape index (κ3) is 5.61. The molecule has 90 valence electrons. The summed E-state index contributed by atoms with van der Waals surface area (Å²) in [6, 6.07) is 2.70. The summed E-state index contributed by atoms with van der Waals surface area (Å²) in [6.45, 7) is 5.39. The van der Waals surface area contributed by atoms with Crippen LogP contribution in [-0.2, 0) is 6.54 Å². The van der Waals surface area contributed by atoms with Gasteiger partial charge in [0.2, 0.25) is 0 Å². The summed E-state index contributed by atoms with van der Waals surface area (Å²) in [5.41, 5.74) is 1.23. The van der Waals surface area contributed by atoms with E-state index in [4.69, 9.17) is 0 Å². The molecule has 0 saturated heterocycles. The maximum absolute atomic E-state index is 4.15. The Balaban J connectivity index is 2.23. The summed E-state index contributed by atoms with van der Waals surface area (Å²) in [7, 11) is 0. The Morgan fingerprint density at radius 2 is 2.19 bits per heavy atom. The molecule has 0 bridgehead atoms. The van der Waals surface area contributed by atoms with Gasteiger partial charge in [0.25, 0.3) is 0 Å². The number of hydrogen-bond donors (Lipinski definition) is 1. The molecule has 0 aromatic carbocycles. The maximum atomic E-state index is 4.15. The van der Waals surface area contributed by atoms with Crippen molar-refractivity contribution in [1.29, 1.82) is 0 Å². The zero-order valence-corrected chi connectivity index (χ0v) is 11.8. The first-order chi connectivity index (χ1) is 7.72. The van der Waals surface area contributed by atoms with E-state index in [0.29, 0.717) is 6.04 Å². The Morgan fingerprint density at radius 1 is 1.38 bits per heavy atom. The van der Waals surface area contributed by atoms with E-state index in [1.54, 1.807) is 0 Å². The lowest BCUT2D eigenvalue weighted by atomic mass is 10.1. The van der Waals surface area contributed by atoms with Crippen molar-refractivity contribution in [2.75, 3.05) is 0 Å². The van der Waals surface area contributed by atoms with Crippen molar-refractivity contribution >= 4 is 15.9 Å². The molecule has 16 heavy (non-hydrogen) atoms. The van der Waals surface area contributed by atoms with Crippen LogP contribution in [0.4, 0.5) is 0 Å². The SMILES string of the molecule is CCCCCC(C)NCc1cncc(Br)c1. The molecule has 1 atom stereocenters. The average Bonchev–Trinajstić information content (AvgIpc) is 2.27. The van der Waals surface area contributed by atoms with E-state index in [1.807, 2.05) is 12.4 Å². The van der Waals surface area contributed by atoms with Gasteiger partial charge < -0.3 is 5.32 Å². The van der Waals surface area contributed by atoms with E-state index >= 15 is 0 Å². The predicted molar refractivity (Wildman–Crippen MR) is 72.4 cm³/mol. The normalized spacial score (nSPS) is 12.7. The molecule has 0 radical (unpaired) electrons. The molecule has 0 fully saturated rings. The number of rotatable bonds is 7. The van der Waals surface area contributed by atoms with E-state index in [9.17, 15) is 0 Å². The molecule has 1 heterocycles. The number of halogens is 1. The van der Waals surface area contributed by atoms with Crippen LogP contribution in [-0.4, -0.2) is 11.0 Å². The number of hydrogen-bond acceptors (Lipinski definition) is 2. The first-order valence-electron chi connectivity index (χ1n) is 6.05. The predicted octanol–water partition coefficient (Wildman–Crippen LogP) is 3.90. The van der Waals surface area contributed by atoms with E-state index in [0.717, 1.165) is 11.0 Å². The highest BCUT2D eigenvalue weighted by molar-refractivity contribution is 9.10. The van der Waals surface area contributed by atoms with Gasteiger partial charge in [-0.3, -0.25) is 4.98 Å². The fourth-order valence-corrected chi connectivity index (χ4v) is 2.06. The van der Waals surface area contributed by atoms with Crippen molar-refractivity contribution in [3.8, 4) is 0 Å². The second kappa shape index (κ2) is 7.80. The lowest BCUT2D eigenvalue weighted by Crippen LogP contribution is -2.25. The Labute approximate surface area is 107 Å². The molecule has 0 aliphatic rings. The average molecular weight is 285 g/mol. The van der Waals surface area contributed by atoms with Crippen LogP contribution in [0.5, 0.6) is 0 Å². The van der Waals surface area contributed by atoms with Crippen LogP contribution >= 0.6 is 15.9 Å². The molecule has 1 aromatic rings. The van der Waals surface area contributed by atoms with E-state index in [2.05, 4.69) is 46.1 Å². The molecule has 1 aromatic heterocycles. The van der Waals surface area contributed by atoms with Gasteiger partial charge in [0, 0.05) is 29.5 Å². The minimum Gasteiger partial charge on any atom is -0.310 e. The molecule has 0 spiro atoms. The Kier molecular flexibility index (Phi) is 6.65. The van der Waals surface area contributed by atoms with Gasteiger partial charge in [0.15, 0.2) is 0 Å². The molecule has 1 N–H and O–H groups in total. The lowest BCUT2D eigenvalue weighted by molar-refractivity contribution is 0.487. The highest BCUT2D eigenvalue weighted by Gasteiger charge is 2.01. The number of pyridine rings is 1. The van der Waals surface area contributed by atoms with E-state index in [-0.39, 0.29) is 0 Å². The Bertz CT molecular complexity index is 302. The first-order valence-corrected chi connectivity index (χ1v) is 6.84. The smallest absolute Gasteiger partial charge is 0.0410 e. The van der Waals surface area contributed by atoms with Crippen LogP contribution in [0.25, 0.3) is 0 Å². The molecule has 3 heteroatoms. The highest BCUT2D eigenvalue weighted by Crippen LogP contribution is 2.10. The van der Waals surface area contributed by atoms with Gasteiger partial charge >= 0.3 is 0 Å². The second-order valence-electron chi connectivity index (χ2n) is 4.29. The molecule has 2 nitrogen and oxygen atoms in total. The minimum atomic E-state index is 0.588. The van der Waals surface area contributed by atoms with E-state index in [1.165, 1.54) is 31.2 Å². The van der Waals surface area contributed by atoms with Crippen LogP contribution < -0.4 is 5.32 Å². The van der Waals surface area contributed by atoms with Gasteiger partial charge in [0.05, 0.1) is 0 Å². The molecular weight excluding hydrogens is 264 g/mol. The summed E-state index contributed by atoms with van der Waals surface area (Å²) >= 11 is 3.43. The number of nitrogens with one attached hydrogen (secondary N) is 1. The molecule has 1 rings (SSSR count). The standard InChI is InChI=1S/C13H21BrN2/c1-3-4-5-6-11(2)16-9-12-7-13(14)10-15-8-12/h7-8,10-11,16H,3-6,9H2,1-2H3. The molecule has 0 saturated carbocycles. The van der Waals surface area contributed by atoms with E-state index < -0.39 is 0 Å². The van der Waals surface area contributed by atoms with Gasteiger partial charge in [-0.05, 0) is 40.9 Å². The third-order valence-corrected chi connectivity index (χ3v) is 3.09. The summed E-state index contributed by atoms with van der Waals surface area (Å²) in [6.07, 6.45) is 8.94. The summed E-state index contributed by atoms with van der Waals surface area (Å²) in [5, 5.41) is 3.52. The summed E-state index contributed by atoms with van der Waals surface area (Å²) in [5.74, 6) is 0.